The predicted octanol–water partition coefficient (Wildman–Crippen LogP) is 6.96. The standard InChI is InChI=1S/C30H33F2N3O2S/c1-30(31,32)23-12-10-21(11-13-23)24-8-4-5-9-25(24)28(36)35-18-14-22(15-19-35)27-33-26(20-38-27)29(37)34-16-6-2-3-7-17-34/h4-5,8-13,20,22H,2-3,6-7,14-19H2,1H3. The molecule has 0 unspecified atom stereocenters. The number of carbonyl (C=O) groups is 2. The van der Waals surface area contributed by atoms with Crippen molar-refractivity contribution in [1.82, 2.24) is 14.8 Å². The molecule has 2 fully saturated rings. The van der Waals surface area contributed by atoms with Gasteiger partial charge in [-0.25, -0.2) is 13.8 Å². The first-order valence-electron chi connectivity index (χ1n) is 13.4. The van der Waals surface area contributed by atoms with Gasteiger partial charge in [0.2, 0.25) is 0 Å². The van der Waals surface area contributed by atoms with Crippen molar-refractivity contribution in [3.05, 3.63) is 75.7 Å². The van der Waals surface area contributed by atoms with Gasteiger partial charge in [-0.3, -0.25) is 9.59 Å². The second-order valence-electron chi connectivity index (χ2n) is 10.4. The Morgan fingerprint density at radius 1 is 0.868 bits per heavy atom. The average Bonchev–Trinajstić information content (AvgIpc) is 3.27. The van der Waals surface area contributed by atoms with Gasteiger partial charge in [0.05, 0.1) is 5.01 Å². The lowest BCUT2D eigenvalue weighted by atomic mass is 9.94. The highest BCUT2D eigenvalue weighted by molar-refractivity contribution is 7.09. The van der Waals surface area contributed by atoms with Crippen molar-refractivity contribution in [2.24, 2.45) is 0 Å². The molecule has 3 heterocycles. The topological polar surface area (TPSA) is 53.5 Å². The Morgan fingerprint density at radius 2 is 1.50 bits per heavy atom. The van der Waals surface area contributed by atoms with E-state index >= 15 is 0 Å². The van der Waals surface area contributed by atoms with Crippen LogP contribution in [0.1, 0.15) is 82.8 Å². The summed E-state index contributed by atoms with van der Waals surface area (Å²) in [6, 6.07) is 13.5. The van der Waals surface area contributed by atoms with Gasteiger partial charge in [0.25, 0.3) is 17.7 Å². The Kier molecular flexibility index (Phi) is 7.88. The molecule has 2 saturated heterocycles. The average molecular weight is 538 g/mol. The fraction of sp³-hybridized carbons (Fsp3) is 0.433. The van der Waals surface area contributed by atoms with Crippen LogP contribution in [-0.4, -0.2) is 52.8 Å². The van der Waals surface area contributed by atoms with Crippen LogP contribution in [0.25, 0.3) is 11.1 Å². The Morgan fingerprint density at radius 3 is 2.16 bits per heavy atom. The van der Waals surface area contributed by atoms with Gasteiger partial charge in [0.1, 0.15) is 5.69 Å². The van der Waals surface area contributed by atoms with Crippen LogP contribution in [0.3, 0.4) is 0 Å². The van der Waals surface area contributed by atoms with E-state index in [9.17, 15) is 18.4 Å². The molecule has 8 heteroatoms. The maximum Gasteiger partial charge on any atom is 0.273 e. The van der Waals surface area contributed by atoms with E-state index in [-0.39, 0.29) is 23.3 Å². The molecule has 0 radical (unpaired) electrons. The van der Waals surface area contributed by atoms with Gasteiger partial charge in [-0.05, 0) is 42.9 Å². The summed E-state index contributed by atoms with van der Waals surface area (Å²) in [5.41, 5.74) is 2.54. The summed E-state index contributed by atoms with van der Waals surface area (Å²) in [7, 11) is 0. The summed E-state index contributed by atoms with van der Waals surface area (Å²) in [4.78, 5) is 35.0. The Hall–Kier alpha value is -3.13. The number of likely N-dealkylation sites (tertiary alicyclic amines) is 2. The lowest BCUT2D eigenvalue weighted by molar-refractivity contribution is 0.0174. The van der Waals surface area contributed by atoms with Crippen molar-refractivity contribution >= 4 is 23.2 Å². The van der Waals surface area contributed by atoms with E-state index in [0.29, 0.717) is 24.3 Å². The Labute approximate surface area is 226 Å². The minimum absolute atomic E-state index is 0.0364. The maximum atomic E-state index is 13.7. The first-order valence-corrected chi connectivity index (χ1v) is 14.3. The van der Waals surface area contributed by atoms with Gasteiger partial charge in [0.15, 0.2) is 0 Å². The number of nitrogens with zero attached hydrogens (tertiary/aromatic N) is 3. The fourth-order valence-corrected chi connectivity index (χ4v) is 6.34. The van der Waals surface area contributed by atoms with Gasteiger partial charge < -0.3 is 9.80 Å². The van der Waals surface area contributed by atoms with Crippen molar-refractivity contribution in [2.75, 3.05) is 26.2 Å². The summed E-state index contributed by atoms with van der Waals surface area (Å²) >= 11 is 1.55. The smallest absolute Gasteiger partial charge is 0.273 e. The highest BCUT2D eigenvalue weighted by atomic mass is 32.1. The fourth-order valence-electron chi connectivity index (χ4n) is 5.37. The second-order valence-corrected chi connectivity index (χ2v) is 11.2. The molecule has 0 N–H and O–H groups in total. The molecule has 0 saturated carbocycles. The lowest BCUT2D eigenvalue weighted by Gasteiger charge is -2.31. The van der Waals surface area contributed by atoms with Crippen LogP contribution in [0.2, 0.25) is 0 Å². The number of hydrogen-bond donors (Lipinski definition) is 0. The van der Waals surface area contributed by atoms with Crippen LogP contribution < -0.4 is 0 Å². The molecule has 2 aromatic carbocycles. The van der Waals surface area contributed by atoms with Gasteiger partial charge in [0, 0.05) is 55.5 Å². The Balaban J connectivity index is 1.24. The van der Waals surface area contributed by atoms with E-state index in [1.807, 2.05) is 33.4 Å². The summed E-state index contributed by atoms with van der Waals surface area (Å²) < 4.78 is 27.3. The van der Waals surface area contributed by atoms with E-state index in [2.05, 4.69) is 0 Å². The van der Waals surface area contributed by atoms with Gasteiger partial charge in [-0.15, -0.1) is 11.3 Å². The van der Waals surface area contributed by atoms with E-state index < -0.39 is 5.92 Å². The number of rotatable bonds is 5. The molecule has 2 amide bonds. The number of alkyl halides is 2. The summed E-state index contributed by atoms with van der Waals surface area (Å²) in [6.07, 6.45) is 6.05. The first kappa shape index (κ1) is 26.5. The van der Waals surface area contributed by atoms with Crippen molar-refractivity contribution in [3.63, 3.8) is 0 Å². The molecular weight excluding hydrogens is 504 g/mol. The molecule has 2 aliphatic rings. The highest BCUT2D eigenvalue weighted by Crippen LogP contribution is 2.34. The van der Waals surface area contributed by atoms with Crippen LogP contribution in [0.4, 0.5) is 8.78 Å². The Bertz CT molecular complexity index is 1270. The first-order chi connectivity index (χ1) is 18.3. The maximum absolute atomic E-state index is 13.7. The molecule has 0 atom stereocenters. The molecule has 3 aromatic rings. The van der Waals surface area contributed by atoms with Crippen LogP contribution in [0, 0.1) is 0 Å². The zero-order valence-electron chi connectivity index (χ0n) is 21.7. The van der Waals surface area contributed by atoms with E-state index in [1.54, 1.807) is 29.5 Å². The molecular formula is C30H33F2N3O2S. The third kappa shape index (κ3) is 5.80. The van der Waals surface area contributed by atoms with Crippen LogP contribution in [0.15, 0.2) is 53.9 Å². The normalized spacial score (nSPS) is 17.3. The summed E-state index contributed by atoms with van der Waals surface area (Å²) in [6.45, 7) is 3.71. The van der Waals surface area contributed by atoms with E-state index in [0.717, 1.165) is 61.8 Å². The number of benzene rings is 2. The minimum Gasteiger partial charge on any atom is -0.339 e. The molecule has 0 bridgehead atoms. The molecule has 5 nitrogen and oxygen atoms in total. The number of hydrogen-bond acceptors (Lipinski definition) is 4. The second kappa shape index (κ2) is 11.3. The third-order valence-electron chi connectivity index (χ3n) is 7.63. The van der Waals surface area contributed by atoms with Crippen LogP contribution in [0.5, 0.6) is 0 Å². The number of amides is 2. The predicted molar refractivity (Wildman–Crippen MR) is 146 cm³/mol. The molecule has 0 aliphatic carbocycles. The molecule has 5 rings (SSSR count). The quantitative estimate of drug-likeness (QED) is 0.354. The molecule has 38 heavy (non-hydrogen) atoms. The van der Waals surface area contributed by atoms with Crippen molar-refractivity contribution in [2.45, 2.75) is 57.3 Å². The van der Waals surface area contributed by atoms with Crippen LogP contribution in [-0.2, 0) is 5.92 Å². The number of piperidine rings is 1. The monoisotopic (exact) mass is 537 g/mol. The van der Waals surface area contributed by atoms with Gasteiger partial charge in [-0.1, -0.05) is 55.3 Å². The lowest BCUT2D eigenvalue weighted by Crippen LogP contribution is -2.38. The number of aromatic nitrogens is 1. The SMILES string of the molecule is CC(F)(F)c1ccc(-c2ccccc2C(=O)N2CCC(c3nc(C(=O)N4CCCCCC4)cs3)CC2)cc1. The largest absolute Gasteiger partial charge is 0.339 e. The number of carbonyl (C=O) groups excluding carboxylic acids is 2. The van der Waals surface area contributed by atoms with Gasteiger partial charge >= 0.3 is 0 Å². The number of halogens is 2. The third-order valence-corrected chi connectivity index (χ3v) is 8.63. The zero-order chi connectivity index (χ0) is 26.7. The van der Waals surface area contributed by atoms with E-state index in [4.69, 9.17) is 4.98 Å². The van der Waals surface area contributed by atoms with Crippen molar-refractivity contribution in [3.8, 4) is 11.1 Å². The molecule has 0 spiro atoms. The molecule has 200 valence electrons. The summed E-state index contributed by atoms with van der Waals surface area (Å²) in [5, 5.41) is 2.86. The highest BCUT2D eigenvalue weighted by Gasteiger charge is 2.29. The van der Waals surface area contributed by atoms with Crippen molar-refractivity contribution in [1.29, 1.82) is 0 Å². The zero-order valence-corrected chi connectivity index (χ0v) is 22.5. The molecule has 2 aliphatic heterocycles. The van der Waals surface area contributed by atoms with E-state index in [1.165, 1.54) is 25.0 Å². The van der Waals surface area contributed by atoms with Crippen molar-refractivity contribution < 1.29 is 18.4 Å². The summed E-state index contributed by atoms with van der Waals surface area (Å²) in [5.74, 6) is -2.70. The minimum atomic E-state index is -2.91. The van der Waals surface area contributed by atoms with Crippen LogP contribution >= 0.6 is 11.3 Å². The van der Waals surface area contributed by atoms with Gasteiger partial charge in [-0.2, -0.15) is 0 Å². The molecule has 1 aromatic heterocycles. The number of thiazole rings is 1.